The van der Waals surface area contributed by atoms with Crippen LogP contribution >= 0.6 is 11.6 Å². The summed E-state index contributed by atoms with van der Waals surface area (Å²) in [6.45, 7) is 2.51. The molecule has 0 aliphatic carbocycles. The highest BCUT2D eigenvalue weighted by atomic mass is 35.5. The first-order valence-corrected chi connectivity index (χ1v) is 7.00. The Labute approximate surface area is 121 Å². The number of nitrogens with zero attached hydrogens (tertiary/aromatic N) is 2. The maximum Gasteiger partial charge on any atom is 0.222 e. The van der Waals surface area contributed by atoms with Crippen LogP contribution in [0.5, 0.6) is 5.75 Å². The van der Waals surface area contributed by atoms with Crippen molar-refractivity contribution in [1.29, 1.82) is 0 Å². The van der Waals surface area contributed by atoms with Gasteiger partial charge in [-0.2, -0.15) is 0 Å². The number of fused-ring (bicyclic) bond motifs is 1. The number of rotatable bonds is 3. The van der Waals surface area contributed by atoms with Crippen LogP contribution in [0, 0.1) is 0 Å². The largest absolute Gasteiger partial charge is 0.497 e. The first-order valence-electron chi connectivity index (χ1n) is 6.57. The number of imidazole rings is 1. The molecular formula is C14H16ClN3O2. The number of hydrogen-bond acceptors (Lipinski definition) is 3. The van der Waals surface area contributed by atoms with Crippen LogP contribution in [0.2, 0.25) is 0 Å². The van der Waals surface area contributed by atoms with Crippen molar-refractivity contribution in [2.45, 2.75) is 24.8 Å². The molecule has 3 rings (SSSR count). The highest BCUT2D eigenvalue weighted by Gasteiger charge is 2.28. The monoisotopic (exact) mass is 293 g/mol. The lowest BCUT2D eigenvalue weighted by atomic mass is 10.2. The Hall–Kier alpha value is -1.75. The van der Waals surface area contributed by atoms with Gasteiger partial charge in [-0.05, 0) is 19.1 Å². The Bertz CT molecular complexity index is 666. The molecule has 1 aromatic carbocycles. The normalized spacial score (nSPS) is 20.1. The summed E-state index contributed by atoms with van der Waals surface area (Å²) in [5, 5.41) is 2.64. The van der Waals surface area contributed by atoms with E-state index in [0.717, 1.165) is 22.6 Å². The molecule has 6 heteroatoms. The number of nitrogens with one attached hydrogen (secondary N) is 1. The van der Waals surface area contributed by atoms with E-state index in [0.29, 0.717) is 13.0 Å². The molecule has 0 bridgehead atoms. The molecule has 1 aromatic heterocycles. The van der Waals surface area contributed by atoms with Crippen molar-refractivity contribution in [1.82, 2.24) is 14.9 Å². The Kier molecular flexibility index (Phi) is 3.30. The number of carbonyl (C=O) groups is 1. The van der Waals surface area contributed by atoms with Gasteiger partial charge in [0.1, 0.15) is 11.6 Å². The lowest BCUT2D eigenvalue weighted by Crippen LogP contribution is -2.17. The van der Waals surface area contributed by atoms with E-state index < -0.39 is 0 Å². The number of halogens is 1. The fraction of sp³-hybridized carbons (Fsp3) is 0.429. The minimum absolute atomic E-state index is 0.0668. The van der Waals surface area contributed by atoms with Crippen molar-refractivity contribution in [2.24, 2.45) is 0 Å². The third-order valence-electron chi connectivity index (χ3n) is 3.60. The second-order valence-corrected chi connectivity index (χ2v) is 5.63. The highest BCUT2D eigenvalue weighted by Crippen LogP contribution is 2.32. The predicted molar refractivity (Wildman–Crippen MR) is 77.2 cm³/mol. The zero-order valence-electron chi connectivity index (χ0n) is 11.4. The van der Waals surface area contributed by atoms with Crippen LogP contribution in [-0.2, 0) is 4.79 Å². The van der Waals surface area contributed by atoms with Gasteiger partial charge in [-0.15, -0.1) is 11.6 Å². The fourth-order valence-corrected chi connectivity index (χ4v) is 2.82. The second kappa shape index (κ2) is 4.98. The quantitative estimate of drug-likeness (QED) is 0.884. The van der Waals surface area contributed by atoms with Gasteiger partial charge in [0.15, 0.2) is 0 Å². The predicted octanol–water partition coefficient (Wildman–Crippen LogP) is 2.41. The minimum Gasteiger partial charge on any atom is -0.497 e. The van der Waals surface area contributed by atoms with E-state index in [4.69, 9.17) is 16.3 Å². The average Bonchev–Trinajstić information content (AvgIpc) is 3.00. The number of alkyl halides is 1. The molecule has 1 N–H and O–H groups in total. The van der Waals surface area contributed by atoms with Gasteiger partial charge in [0.05, 0.1) is 29.6 Å². The Morgan fingerprint density at radius 2 is 2.35 bits per heavy atom. The zero-order valence-corrected chi connectivity index (χ0v) is 12.1. The number of benzene rings is 1. The summed E-state index contributed by atoms with van der Waals surface area (Å²) in [7, 11) is 1.63. The van der Waals surface area contributed by atoms with Crippen LogP contribution in [0.1, 0.15) is 30.6 Å². The summed E-state index contributed by atoms with van der Waals surface area (Å²) in [4.78, 5) is 16.1. The van der Waals surface area contributed by atoms with Gasteiger partial charge >= 0.3 is 0 Å². The molecule has 1 aliphatic heterocycles. The maximum atomic E-state index is 11.5. The standard InChI is InChI=1S/C14H16ClN3O2/c1-8(15)14-17-11-6-10(20-2)3-4-12(11)18(14)9-5-13(19)16-7-9/h3-4,6,8-9H,5,7H2,1-2H3,(H,16,19). The van der Waals surface area contributed by atoms with Crippen molar-refractivity contribution < 1.29 is 9.53 Å². The number of amides is 1. The molecule has 1 saturated heterocycles. The lowest BCUT2D eigenvalue weighted by Gasteiger charge is -2.16. The number of methoxy groups -OCH3 is 1. The van der Waals surface area contributed by atoms with Crippen LogP contribution in [0.25, 0.3) is 11.0 Å². The molecule has 106 valence electrons. The van der Waals surface area contributed by atoms with E-state index in [1.54, 1.807) is 7.11 Å². The zero-order chi connectivity index (χ0) is 14.3. The molecule has 5 nitrogen and oxygen atoms in total. The number of hydrogen-bond donors (Lipinski definition) is 1. The van der Waals surface area contributed by atoms with E-state index >= 15 is 0 Å². The summed E-state index contributed by atoms with van der Waals surface area (Å²) < 4.78 is 7.30. The summed E-state index contributed by atoms with van der Waals surface area (Å²) in [5.74, 6) is 1.62. The third-order valence-corrected chi connectivity index (χ3v) is 3.80. The smallest absolute Gasteiger partial charge is 0.222 e. The van der Waals surface area contributed by atoms with Crippen molar-refractivity contribution in [3.05, 3.63) is 24.0 Å². The molecule has 2 heterocycles. The molecular weight excluding hydrogens is 278 g/mol. The second-order valence-electron chi connectivity index (χ2n) is 4.97. The minimum atomic E-state index is -0.218. The van der Waals surface area contributed by atoms with Crippen LogP contribution in [0.3, 0.4) is 0 Å². The lowest BCUT2D eigenvalue weighted by molar-refractivity contribution is -0.119. The SMILES string of the molecule is COc1ccc2c(c1)nc(C(C)Cl)n2C1CNC(=O)C1. The van der Waals surface area contributed by atoms with Crippen LogP contribution in [0.4, 0.5) is 0 Å². The maximum absolute atomic E-state index is 11.5. The van der Waals surface area contributed by atoms with E-state index in [1.807, 2.05) is 25.1 Å². The summed E-state index contributed by atoms with van der Waals surface area (Å²) in [6.07, 6.45) is 0.466. The van der Waals surface area contributed by atoms with E-state index in [2.05, 4.69) is 14.9 Å². The van der Waals surface area contributed by atoms with Crippen molar-refractivity contribution in [3.63, 3.8) is 0 Å². The Morgan fingerprint density at radius 1 is 1.55 bits per heavy atom. The molecule has 2 aromatic rings. The molecule has 0 saturated carbocycles. The van der Waals surface area contributed by atoms with Gasteiger partial charge in [0, 0.05) is 19.0 Å². The molecule has 0 radical (unpaired) electrons. The summed E-state index contributed by atoms with van der Waals surface area (Å²) in [6, 6.07) is 5.82. The molecule has 1 fully saturated rings. The average molecular weight is 294 g/mol. The van der Waals surface area contributed by atoms with Gasteiger partial charge < -0.3 is 14.6 Å². The first-order chi connectivity index (χ1) is 9.60. The number of carbonyl (C=O) groups excluding carboxylic acids is 1. The summed E-state index contributed by atoms with van der Waals surface area (Å²) in [5.41, 5.74) is 1.82. The van der Waals surface area contributed by atoms with Gasteiger partial charge in [-0.1, -0.05) is 0 Å². The van der Waals surface area contributed by atoms with Crippen LogP contribution < -0.4 is 10.1 Å². The topological polar surface area (TPSA) is 56.1 Å². The van der Waals surface area contributed by atoms with Crippen LogP contribution in [0.15, 0.2) is 18.2 Å². The van der Waals surface area contributed by atoms with Gasteiger partial charge in [0.2, 0.25) is 5.91 Å². The van der Waals surface area contributed by atoms with Crippen molar-refractivity contribution in [2.75, 3.05) is 13.7 Å². The highest BCUT2D eigenvalue weighted by molar-refractivity contribution is 6.20. The van der Waals surface area contributed by atoms with Gasteiger partial charge in [-0.25, -0.2) is 4.98 Å². The van der Waals surface area contributed by atoms with E-state index in [1.165, 1.54) is 0 Å². The van der Waals surface area contributed by atoms with Crippen molar-refractivity contribution in [3.8, 4) is 5.75 Å². The van der Waals surface area contributed by atoms with E-state index in [-0.39, 0.29) is 17.3 Å². The molecule has 2 unspecified atom stereocenters. The third kappa shape index (κ3) is 2.12. The van der Waals surface area contributed by atoms with E-state index in [9.17, 15) is 4.79 Å². The summed E-state index contributed by atoms with van der Waals surface area (Å²) >= 11 is 6.25. The number of ether oxygens (including phenoxy) is 1. The first kappa shape index (κ1) is 13.2. The molecule has 1 aliphatic rings. The fourth-order valence-electron chi connectivity index (χ4n) is 2.66. The molecule has 1 amide bonds. The van der Waals surface area contributed by atoms with Gasteiger partial charge in [0.25, 0.3) is 0 Å². The van der Waals surface area contributed by atoms with Crippen molar-refractivity contribution >= 4 is 28.5 Å². The molecule has 0 spiro atoms. The molecule has 20 heavy (non-hydrogen) atoms. The Balaban J connectivity index is 2.16. The number of aromatic nitrogens is 2. The van der Waals surface area contributed by atoms with Crippen LogP contribution in [-0.4, -0.2) is 29.1 Å². The Morgan fingerprint density at radius 3 is 2.95 bits per heavy atom. The molecule has 2 atom stereocenters. The van der Waals surface area contributed by atoms with Gasteiger partial charge in [-0.3, -0.25) is 4.79 Å².